The number of carboxylic acids is 1. The number of hydrogen-bond donors (Lipinski definition) is 1. The van der Waals surface area contributed by atoms with Crippen LogP contribution in [0.3, 0.4) is 0 Å². The van der Waals surface area contributed by atoms with E-state index in [1.807, 2.05) is 35.2 Å². The van der Waals surface area contributed by atoms with Crippen molar-refractivity contribution in [3.8, 4) is 5.69 Å². The molecular formula is C17H18N2O4. The van der Waals surface area contributed by atoms with Crippen LogP contribution in [0.4, 0.5) is 0 Å². The molecule has 1 aromatic carbocycles. The molecular weight excluding hydrogens is 296 g/mol. The molecule has 0 aliphatic carbocycles. The highest BCUT2D eigenvalue weighted by molar-refractivity contribution is 5.97. The van der Waals surface area contributed by atoms with E-state index in [-0.39, 0.29) is 12.0 Å². The van der Waals surface area contributed by atoms with Crippen molar-refractivity contribution in [2.24, 2.45) is 0 Å². The molecule has 0 saturated carbocycles. The van der Waals surface area contributed by atoms with Gasteiger partial charge in [0.05, 0.1) is 6.10 Å². The van der Waals surface area contributed by atoms with E-state index in [9.17, 15) is 14.7 Å². The molecule has 1 N–H and O–H groups in total. The molecule has 1 fully saturated rings. The molecule has 1 aliphatic heterocycles. The van der Waals surface area contributed by atoms with Crippen LogP contribution >= 0.6 is 0 Å². The number of benzene rings is 1. The van der Waals surface area contributed by atoms with E-state index in [1.165, 1.54) is 12.0 Å². The van der Waals surface area contributed by atoms with Gasteiger partial charge in [0, 0.05) is 43.7 Å². The summed E-state index contributed by atoms with van der Waals surface area (Å²) >= 11 is 0. The summed E-state index contributed by atoms with van der Waals surface area (Å²) in [6.45, 7) is 0.292. The van der Waals surface area contributed by atoms with Gasteiger partial charge in [-0.25, -0.2) is 4.79 Å². The zero-order valence-electron chi connectivity index (χ0n) is 12.8. The van der Waals surface area contributed by atoms with E-state index in [2.05, 4.69) is 0 Å². The Morgan fingerprint density at radius 1 is 1.22 bits per heavy atom. The molecule has 0 bridgehead atoms. The van der Waals surface area contributed by atoms with Crippen LogP contribution in [0.1, 0.15) is 16.8 Å². The Bertz CT molecular complexity index is 711. The van der Waals surface area contributed by atoms with Gasteiger partial charge in [0.25, 0.3) is 5.91 Å². The second-order valence-corrected chi connectivity index (χ2v) is 5.55. The molecule has 6 heteroatoms. The van der Waals surface area contributed by atoms with Crippen molar-refractivity contribution in [3.63, 3.8) is 0 Å². The van der Waals surface area contributed by atoms with Crippen molar-refractivity contribution >= 4 is 11.9 Å². The maximum Gasteiger partial charge on any atom is 0.326 e. The van der Waals surface area contributed by atoms with Crippen molar-refractivity contribution in [2.45, 2.75) is 18.6 Å². The number of ether oxygens (including phenoxy) is 1. The molecule has 1 saturated heterocycles. The van der Waals surface area contributed by atoms with Crippen LogP contribution < -0.4 is 0 Å². The van der Waals surface area contributed by atoms with Crippen LogP contribution in [-0.2, 0) is 9.53 Å². The molecule has 0 spiro atoms. The molecule has 120 valence electrons. The number of aliphatic carboxylic acids is 1. The van der Waals surface area contributed by atoms with E-state index in [1.54, 1.807) is 18.2 Å². The van der Waals surface area contributed by atoms with Gasteiger partial charge in [-0.05, 0) is 30.3 Å². The van der Waals surface area contributed by atoms with Gasteiger partial charge in [-0.2, -0.15) is 0 Å². The molecule has 0 radical (unpaired) electrons. The second-order valence-electron chi connectivity index (χ2n) is 5.55. The number of rotatable bonds is 4. The molecule has 2 aromatic rings. The smallest absolute Gasteiger partial charge is 0.326 e. The lowest BCUT2D eigenvalue weighted by molar-refractivity contribution is -0.141. The molecule has 6 nitrogen and oxygen atoms in total. The third-order valence-electron chi connectivity index (χ3n) is 4.14. The number of carbonyl (C=O) groups excluding carboxylic acids is 1. The maximum absolute atomic E-state index is 12.7. The van der Waals surface area contributed by atoms with Gasteiger partial charge in [-0.15, -0.1) is 0 Å². The van der Waals surface area contributed by atoms with Gasteiger partial charge in [0.1, 0.15) is 6.04 Å². The number of nitrogens with zero attached hydrogens (tertiary/aromatic N) is 2. The van der Waals surface area contributed by atoms with Gasteiger partial charge in [-0.1, -0.05) is 6.07 Å². The fourth-order valence-electron chi connectivity index (χ4n) is 2.90. The standard InChI is InChI=1S/C17H18N2O4/c1-23-14-10-15(17(21)22)19(11-14)16(20)12-5-4-6-13(9-12)18-7-2-3-8-18/h2-9,14-15H,10-11H2,1H3,(H,21,22). The Morgan fingerprint density at radius 2 is 1.96 bits per heavy atom. The van der Waals surface area contributed by atoms with Crippen LogP contribution in [0.2, 0.25) is 0 Å². The zero-order chi connectivity index (χ0) is 16.4. The summed E-state index contributed by atoms with van der Waals surface area (Å²) < 4.78 is 7.13. The Kier molecular flexibility index (Phi) is 4.16. The first kappa shape index (κ1) is 15.3. The maximum atomic E-state index is 12.7. The third kappa shape index (κ3) is 2.98. The number of aromatic nitrogens is 1. The van der Waals surface area contributed by atoms with Gasteiger partial charge in [-0.3, -0.25) is 4.79 Å². The zero-order valence-corrected chi connectivity index (χ0v) is 12.8. The topological polar surface area (TPSA) is 71.8 Å². The predicted molar refractivity (Wildman–Crippen MR) is 83.6 cm³/mol. The molecule has 1 aromatic heterocycles. The minimum atomic E-state index is -1.00. The van der Waals surface area contributed by atoms with Crippen LogP contribution in [0.5, 0.6) is 0 Å². The summed E-state index contributed by atoms with van der Waals surface area (Å²) in [6, 6.07) is 10.1. The minimum Gasteiger partial charge on any atom is -0.480 e. The average molecular weight is 314 g/mol. The Balaban J connectivity index is 1.88. The summed E-state index contributed by atoms with van der Waals surface area (Å²) in [5.41, 5.74) is 1.33. The monoisotopic (exact) mass is 314 g/mol. The van der Waals surface area contributed by atoms with Crippen molar-refractivity contribution in [1.29, 1.82) is 0 Å². The fraction of sp³-hybridized carbons (Fsp3) is 0.294. The molecule has 3 rings (SSSR count). The summed E-state index contributed by atoms with van der Waals surface area (Å²) in [4.78, 5) is 25.5. The average Bonchev–Trinajstić information content (AvgIpc) is 3.23. The van der Waals surface area contributed by atoms with E-state index < -0.39 is 12.0 Å². The number of likely N-dealkylation sites (tertiary alicyclic amines) is 1. The van der Waals surface area contributed by atoms with E-state index in [4.69, 9.17) is 4.74 Å². The van der Waals surface area contributed by atoms with Crippen molar-refractivity contribution < 1.29 is 19.4 Å². The summed E-state index contributed by atoms with van der Waals surface area (Å²) in [6.07, 6.45) is 3.85. The highest BCUT2D eigenvalue weighted by atomic mass is 16.5. The van der Waals surface area contributed by atoms with Crippen LogP contribution in [0.15, 0.2) is 48.8 Å². The highest BCUT2D eigenvalue weighted by Crippen LogP contribution is 2.23. The quantitative estimate of drug-likeness (QED) is 0.934. The molecule has 23 heavy (non-hydrogen) atoms. The number of methoxy groups -OCH3 is 1. The fourth-order valence-corrected chi connectivity index (χ4v) is 2.90. The predicted octanol–water partition coefficient (Wildman–Crippen LogP) is 1.79. The first-order chi connectivity index (χ1) is 11.1. The van der Waals surface area contributed by atoms with Gasteiger partial charge in [0.15, 0.2) is 0 Å². The Morgan fingerprint density at radius 3 is 2.61 bits per heavy atom. The first-order valence-corrected chi connectivity index (χ1v) is 7.40. The van der Waals surface area contributed by atoms with Crippen LogP contribution in [0, 0.1) is 0 Å². The van der Waals surface area contributed by atoms with Gasteiger partial charge in [0.2, 0.25) is 0 Å². The number of amides is 1. The van der Waals surface area contributed by atoms with Crippen LogP contribution in [-0.4, -0.2) is 52.3 Å². The largest absolute Gasteiger partial charge is 0.480 e. The molecule has 1 amide bonds. The van der Waals surface area contributed by atoms with E-state index in [0.717, 1.165) is 5.69 Å². The molecule has 2 atom stereocenters. The summed E-state index contributed by atoms with van der Waals surface area (Å²) in [5.74, 6) is -1.29. The number of carbonyl (C=O) groups is 2. The van der Waals surface area contributed by atoms with Crippen LogP contribution in [0.25, 0.3) is 5.69 Å². The normalized spacial score (nSPS) is 20.7. The van der Waals surface area contributed by atoms with Gasteiger partial charge < -0.3 is 19.3 Å². The minimum absolute atomic E-state index is 0.243. The first-order valence-electron chi connectivity index (χ1n) is 7.40. The van der Waals surface area contributed by atoms with E-state index >= 15 is 0 Å². The van der Waals surface area contributed by atoms with Crippen molar-refractivity contribution in [2.75, 3.05) is 13.7 Å². The molecule has 1 aliphatic rings. The SMILES string of the molecule is COC1CC(C(=O)O)N(C(=O)c2cccc(-n3cccc3)c2)C1. The Hall–Kier alpha value is -2.60. The lowest BCUT2D eigenvalue weighted by Gasteiger charge is -2.21. The molecule has 2 heterocycles. The lowest BCUT2D eigenvalue weighted by Crippen LogP contribution is -2.40. The van der Waals surface area contributed by atoms with Crippen molar-refractivity contribution in [3.05, 3.63) is 54.4 Å². The van der Waals surface area contributed by atoms with Crippen molar-refractivity contribution in [1.82, 2.24) is 9.47 Å². The third-order valence-corrected chi connectivity index (χ3v) is 4.14. The summed E-state index contributed by atoms with van der Waals surface area (Å²) in [5, 5.41) is 9.34. The lowest BCUT2D eigenvalue weighted by atomic mass is 10.1. The number of carboxylic acid groups (broad SMARTS) is 1. The second kappa shape index (κ2) is 6.26. The highest BCUT2D eigenvalue weighted by Gasteiger charge is 2.40. The summed E-state index contributed by atoms with van der Waals surface area (Å²) in [7, 11) is 1.53. The van der Waals surface area contributed by atoms with E-state index in [0.29, 0.717) is 18.5 Å². The van der Waals surface area contributed by atoms with Gasteiger partial charge >= 0.3 is 5.97 Å². The molecule has 2 unspecified atom stereocenters. The number of hydrogen-bond acceptors (Lipinski definition) is 3. The Labute approximate surface area is 133 Å².